The first kappa shape index (κ1) is 14.4. The Hall–Kier alpha value is -0.570. The minimum atomic E-state index is 0.193. The zero-order valence-electron chi connectivity index (χ0n) is 10.8. The highest BCUT2D eigenvalue weighted by atomic mass is 16.1. The van der Waals surface area contributed by atoms with E-state index in [0.717, 1.165) is 43.6 Å². The fourth-order valence-corrected chi connectivity index (χ4v) is 1.89. The fourth-order valence-electron chi connectivity index (χ4n) is 1.89. The summed E-state index contributed by atoms with van der Waals surface area (Å²) in [6.45, 7) is 14.0. The quantitative estimate of drug-likeness (QED) is 0.614. The predicted octanol–water partition coefficient (Wildman–Crippen LogP) is 1.78. The lowest BCUT2D eigenvalue weighted by Gasteiger charge is -2.35. The molecule has 0 spiro atoms. The van der Waals surface area contributed by atoms with Gasteiger partial charge in [0.2, 0.25) is 5.91 Å². The summed E-state index contributed by atoms with van der Waals surface area (Å²) in [5.74, 6) is 0.193. The van der Waals surface area contributed by atoms with Gasteiger partial charge in [0.15, 0.2) is 0 Å². The minimum Gasteiger partial charge on any atom is -0.350 e. The Morgan fingerprint density at radius 3 is 2.00 bits per heavy atom. The molecule has 0 bridgehead atoms. The van der Waals surface area contributed by atoms with Crippen LogP contribution < -0.4 is 5.32 Å². The maximum Gasteiger partial charge on any atom is 0.220 e. The van der Waals surface area contributed by atoms with Crippen LogP contribution in [0.1, 0.15) is 40.5 Å². The Bertz CT molecular complexity index is 168. The summed E-state index contributed by atoms with van der Waals surface area (Å²) >= 11 is 0. The number of hydrogen-bond donors (Lipinski definition) is 1. The molecule has 0 heterocycles. The number of quaternary nitrogens is 1. The van der Waals surface area contributed by atoms with Crippen molar-refractivity contribution in [1.82, 2.24) is 5.32 Å². The Kier molecular flexibility index (Phi) is 7.39. The van der Waals surface area contributed by atoms with E-state index in [4.69, 9.17) is 0 Å². The van der Waals surface area contributed by atoms with E-state index in [0.29, 0.717) is 6.42 Å². The van der Waals surface area contributed by atoms with E-state index in [1.54, 1.807) is 0 Å². The molecule has 0 aromatic carbocycles. The number of carbonyl (C=O) groups is 1. The first-order valence-corrected chi connectivity index (χ1v) is 6.25. The molecular formula is C12H27N2O+. The molecule has 0 aliphatic rings. The number of nitrogens with zero attached hydrogens (tertiary/aromatic N) is 1. The monoisotopic (exact) mass is 215 g/mol. The zero-order chi connectivity index (χ0) is 11.7. The highest BCUT2D eigenvalue weighted by molar-refractivity contribution is 5.75. The highest BCUT2D eigenvalue weighted by Crippen LogP contribution is 2.04. The molecule has 3 nitrogen and oxygen atoms in total. The second-order valence-corrected chi connectivity index (χ2v) is 4.11. The Labute approximate surface area is 94.4 Å². The summed E-state index contributed by atoms with van der Waals surface area (Å²) in [5.41, 5.74) is 0. The molecule has 0 rings (SSSR count). The first-order chi connectivity index (χ1) is 7.14. The molecule has 15 heavy (non-hydrogen) atoms. The van der Waals surface area contributed by atoms with Crippen molar-refractivity contribution in [2.75, 3.05) is 32.7 Å². The minimum absolute atomic E-state index is 0.193. The maximum absolute atomic E-state index is 11.3. The fraction of sp³-hybridized carbons (Fsp3) is 0.917. The van der Waals surface area contributed by atoms with Gasteiger partial charge >= 0.3 is 0 Å². The molecule has 0 atom stereocenters. The van der Waals surface area contributed by atoms with E-state index in [9.17, 15) is 4.79 Å². The third kappa shape index (κ3) is 5.17. The second-order valence-electron chi connectivity index (χ2n) is 4.11. The van der Waals surface area contributed by atoms with Crippen molar-refractivity contribution in [3.05, 3.63) is 0 Å². The van der Waals surface area contributed by atoms with Crippen LogP contribution in [0.4, 0.5) is 0 Å². The number of amides is 1. The van der Waals surface area contributed by atoms with Crippen molar-refractivity contribution in [3.63, 3.8) is 0 Å². The lowest BCUT2D eigenvalue weighted by Crippen LogP contribution is -2.51. The third-order valence-corrected chi connectivity index (χ3v) is 3.40. The average molecular weight is 215 g/mol. The predicted molar refractivity (Wildman–Crippen MR) is 64.7 cm³/mol. The van der Waals surface area contributed by atoms with Crippen LogP contribution in [0, 0.1) is 0 Å². The molecule has 1 N–H and O–H groups in total. The van der Waals surface area contributed by atoms with E-state index in [-0.39, 0.29) is 5.91 Å². The molecule has 0 aromatic heterocycles. The van der Waals surface area contributed by atoms with Gasteiger partial charge in [-0.3, -0.25) is 4.79 Å². The molecule has 0 radical (unpaired) electrons. The summed E-state index contributed by atoms with van der Waals surface area (Å²) < 4.78 is 1.10. The van der Waals surface area contributed by atoms with Gasteiger partial charge in [0.25, 0.3) is 0 Å². The van der Waals surface area contributed by atoms with Gasteiger partial charge in [0, 0.05) is 6.42 Å². The van der Waals surface area contributed by atoms with Gasteiger partial charge in [0.1, 0.15) is 0 Å². The Morgan fingerprint density at radius 2 is 1.60 bits per heavy atom. The highest BCUT2D eigenvalue weighted by Gasteiger charge is 2.19. The maximum atomic E-state index is 11.3. The third-order valence-electron chi connectivity index (χ3n) is 3.40. The zero-order valence-corrected chi connectivity index (χ0v) is 10.8. The summed E-state index contributed by atoms with van der Waals surface area (Å²) in [7, 11) is 0. The van der Waals surface area contributed by atoms with E-state index < -0.39 is 0 Å². The van der Waals surface area contributed by atoms with Crippen LogP contribution in [0.15, 0.2) is 0 Å². The van der Waals surface area contributed by atoms with E-state index in [1.165, 1.54) is 0 Å². The number of rotatable bonds is 8. The lowest BCUT2D eigenvalue weighted by atomic mass is 10.3. The summed E-state index contributed by atoms with van der Waals surface area (Å²) in [6, 6.07) is 0. The normalized spacial score (nSPS) is 11.5. The summed E-state index contributed by atoms with van der Waals surface area (Å²) in [4.78, 5) is 11.3. The number of likely N-dealkylation sites (N-methyl/N-ethyl adjacent to an activating group) is 1. The van der Waals surface area contributed by atoms with Crippen LogP contribution in [-0.2, 0) is 4.79 Å². The van der Waals surface area contributed by atoms with Crippen LogP contribution in [0.3, 0.4) is 0 Å². The van der Waals surface area contributed by atoms with Crippen molar-refractivity contribution in [2.45, 2.75) is 40.5 Å². The van der Waals surface area contributed by atoms with Gasteiger partial charge in [-0.05, 0) is 27.2 Å². The van der Waals surface area contributed by atoms with Crippen LogP contribution in [0.25, 0.3) is 0 Å². The molecule has 1 amide bonds. The number of nitrogens with one attached hydrogen (secondary N) is 1. The van der Waals surface area contributed by atoms with Gasteiger partial charge in [-0.25, -0.2) is 0 Å². The molecular weight excluding hydrogens is 188 g/mol. The van der Waals surface area contributed by atoms with E-state index >= 15 is 0 Å². The lowest BCUT2D eigenvalue weighted by molar-refractivity contribution is -0.922. The smallest absolute Gasteiger partial charge is 0.220 e. The summed E-state index contributed by atoms with van der Waals surface area (Å²) in [6.07, 6.45) is 1.59. The van der Waals surface area contributed by atoms with Gasteiger partial charge < -0.3 is 9.80 Å². The van der Waals surface area contributed by atoms with Crippen molar-refractivity contribution in [3.8, 4) is 0 Å². The van der Waals surface area contributed by atoms with Gasteiger partial charge in [-0.1, -0.05) is 6.92 Å². The van der Waals surface area contributed by atoms with Crippen LogP contribution >= 0.6 is 0 Å². The topological polar surface area (TPSA) is 29.1 Å². The van der Waals surface area contributed by atoms with Gasteiger partial charge in [-0.2, -0.15) is 0 Å². The van der Waals surface area contributed by atoms with Crippen molar-refractivity contribution in [1.29, 1.82) is 0 Å². The average Bonchev–Trinajstić information content (AvgIpc) is 2.25. The second kappa shape index (κ2) is 7.69. The summed E-state index contributed by atoms with van der Waals surface area (Å²) in [5, 5.41) is 2.99. The van der Waals surface area contributed by atoms with Crippen molar-refractivity contribution in [2.24, 2.45) is 0 Å². The molecule has 0 aromatic rings. The first-order valence-electron chi connectivity index (χ1n) is 6.25. The molecule has 0 fully saturated rings. The molecule has 0 aliphatic carbocycles. The van der Waals surface area contributed by atoms with E-state index in [2.05, 4.69) is 26.1 Å². The molecule has 0 saturated carbocycles. The van der Waals surface area contributed by atoms with Crippen molar-refractivity contribution < 1.29 is 9.28 Å². The Morgan fingerprint density at radius 1 is 1.07 bits per heavy atom. The SMILES string of the molecule is CCCC(=O)NCC[N+](CC)(CC)CC. The molecule has 0 aliphatic heterocycles. The standard InChI is InChI=1S/C12H26N2O/c1-5-9-12(15)13-10-11-14(6-2,7-3)8-4/h5-11H2,1-4H3/p+1. The van der Waals surface area contributed by atoms with Crippen LogP contribution in [-0.4, -0.2) is 43.1 Å². The van der Waals surface area contributed by atoms with E-state index in [1.807, 2.05) is 6.92 Å². The largest absolute Gasteiger partial charge is 0.350 e. The molecule has 0 saturated heterocycles. The van der Waals surface area contributed by atoms with Crippen LogP contribution in [0.5, 0.6) is 0 Å². The van der Waals surface area contributed by atoms with Crippen molar-refractivity contribution >= 4 is 5.91 Å². The number of hydrogen-bond acceptors (Lipinski definition) is 1. The Balaban J connectivity index is 3.85. The molecule has 3 heteroatoms. The molecule has 0 unspecified atom stereocenters. The van der Waals surface area contributed by atoms with Crippen LogP contribution in [0.2, 0.25) is 0 Å². The van der Waals surface area contributed by atoms with Gasteiger partial charge in [-0.15, -0.1) is 0 Å². The molecule has 90 valence electrons. The van der Waals surface area contributed by atoms with Gasteiger partial charge in [0.05, 0.1) is 32.7 Å². The number of carbonyl (C=O) groups excluding carboxylic acids is 1.